The molecule has 0 bridgehead atoms. The molecule has 1 aliphatic heterocycles. The van der Waals surface area contributed by atoms with Crippen LogP contribution in [0.25, 0.3) is 0 Å². The maximum atomic E-state index is 13.7. The average molecular weight is 546 g/mol. The molecule has 2 amide bonds. The third-order valence-electron chi connectivity index (χ3n) is 5.78. The second-order valence-electron chi connectivity index (χ2n) is 7.96. The molecule has 0 fully saturated rings. The van der Waals surface area contributed by atoms with Crippen molar-refractivity contribution in [1.82, 2.24) is 4.90 Å². The van der Waals surface area contributed by atoms with Gasteiger partial charge in [0.2, 0.25) is 0 Å². The van der Waals surface area contributed by atoms with Gasteiger partial charge in [0.25, 0.3) is 17.5 Å². The number of benzene rings is 3. The fourth-order valence-electron chi connectivity index (χ4n) is 3.94. The topological polar surface area (TPSA) is 120 Å². The van der Waals surface area contributed by atoms with Gasteiger partial charge >= 0.3 is 0 Å². The number of hydrogen-bond acceptors (Lipinski definition) is 7. The van der Waals surface area contributed by atoms with Gasteiger partial charge in [-0.15, -0.1) is 0 Å². The van der Waals surface area contributed by atoms with Crippen molar-refractivity contribution in [1.29, 1.82) is 0 Å². The van der Waals surface area contributed by atoms with Crippen LogP contribution >= 0.6 is 23.2 Å². The molecule has 1 unspecified atom stereocenters. The van der Waals surface area contributed by atoms with Crippen molar-refractivity contribution in [2.75, 3.05) is 26.1 Å². The third kappa shape index (κ3) is 5.40. The summed E-state index contributed by atoms with van der Waals surface area (Å²) in [6.45, 7) is -0.389. The van der Waals surface area contributed by atoms with Crippen LogP contribution in [0.5, 0.6) is 17.2 Å². The highest BCUT2D eigenvalue weighted by Gasteiger charge is 2.38. The molecule has 4 rings (SSSR count). The molecule has 0 aromatic heterocycles. The number of rotatable bonds is 7. The predicted molar refractivity (Wildman–Crippen MR) is 137 cm³/mol. The minimum Gasteiger partial charge on any atom is -0.497 e. The van der Waals surface area contributed by atoms with E-state index in [0.29, 0.717) is 28.3 Å². The second kappa shape index (κ2) is 10.9. The third-order valence-corrected chi connectivity index (χ3v) is 6.56. The summed E-state index contributed by atoms with van der Waals surface area (Å²) in [6.07, 6.45) is 0. The normalized spacial score (nSPS) is 14.8. The summed E-state index contributed by atoms with van der Waals surface area (Å²) >= 11 is 12.6. The van der Waals surface area contributed by atoms with E-state index in [0.717, 1.165) is 0 Å². The number of ether oxygens (including phenoxy) is 3. The maximum Gasteiger partial charge on any atom is 0.269 e. The van der Waals surface area contributed by atoms with E-state index in [1.54, 1.807) is 24.3 Å². The van der Waals surface area contributed by atoms with Crippen LogP contribution in [-0.2, 0) is 16.1 Å². The first-order chi connectivity index (χ1) is 17.7. The molecule has 1 N–H and O–H groups in total. The molecule has 192 valence electrons. The number of non-ortho nitro benzene ring substituents is 1. The number of carbonyl (C=O) groups excluding carboxylic acids is 2. The molecule has 12 heteroatoms. The maximum absolute atomic E-state index is 13.7. The largest absolute Gasteiger partial charge is 0.497 e. The van der Waals surface area contributed by atoms with E-state index in [4.69, 9.17) is 37.4 Å². The molecule has 0 radical (unpaired) electrons. The molecule has 37 heavy (non-hydrogen) atoms. The Kier molecular flexibility index (Phi) is 7.70. The molecule has 3 aromatic carbocycles. The highest BCUT2D eigenvalue weighted by molar-refractivity contribution is 6.43. The van der Waals surface area contributed by atoms with Gasteiger partial charge in [0.1, 0.15) is 28.3 Å². The summed E-state index contributed by atoms with van der Waals surface area (Å²) in [7, 11) is 3.01. The monoisotopic (exact) mass is 545 g/mol. The van der Waals surface area contributed by atoms with Crippen molar-refractivity contribution >= 4 is 46.4 Å². The molecule has 1 atom stereocenters. The quantitative estimate of drug-likeness (QED) is 0.326. The van der Waals surface area contributed by atoms with Crippen molar-refractivity contribution in [2.24, 2.45) is 0 Å². The second-order valence-corrected chi connectivity index (χ2v) is 8.75. The molecular formula is C25H21Cl2N3O7. The molecule has 0 spiro atoms. The van der Waals surface area contributed by atoms with Gasteiger partial charge in [-0.3, -0.25) is 19.7 Å². The Labute approximate surface area is 221 Å². The molecule has 1 aliphatic rings. The summed E-state index contributed by atoms with van der Waals surface area (Å²) in [4.78, 5) is 38.8. The first kappa shape index (κ1) is 26.1. The van der Waals surface area contributed by atoms with Crippen molar-refractivity contribution in [3.05, 3.63) is 85.9 Å². The van der Waals surface area contributed by atoms with Crippen LogP contribution in [0.2, 0.25) is 10.0 Å². The summed E-state index contributed by atoms with van der Waals surface area (Å²) in [5, 5.41) is 14.0. The van der Waals surface area contributed by atoms with Crippen LogP contribution in [0, 0.1) is 10.1 Å². The summed E-state index contributed by atoms with van der Waals surface area (Å²) < 4.78 is 16.4. The molecular weight excluding hydrogens is 525 g/mol. The van der Waals surface area contributed by atoms with Crippen molar-refractivity contribution in [2.45, 2.75) is 12.6 Å². The number of anilines is 1. The Morgan fingerprint density at radius 3 is 2.51 bits per heavy atom. The number of halogens is 2. The van der Waals surface area contributed by atoms with Crippen LogP contribution < -0.4 is 19.5 Å². The smallest absolute Gasteiger partial charge is 0.269 e. The first-order valence-electron chi connectivity index (χ1n) is 10.9. The van der Waals surface area contributed by atoms with Gasteiger partial charge in [0.05, 0.1) is 30.7 Å². The molecule has 3 aromatic rings. The minimum atomic E-state index is -1.18. The molecule has 0 aliphatic carbocycles. The van der Waals surface area contributed by atoms with Gasteiger partial charge in [0, 0.05) is 35.0 Å². The Morgan fingerprint density at radius 2 is 1.86 bits per heavy atom. The number of nitro benzene ring substituents is 1. The predicted octanol–water partition coefficient (Wildman–Crippen LogP) is 5.02. The first-order valence-corrected chi connectivity index (χ1v) is 11.7. The number of nitrogens with one attached hydrogen (secondary N) is 1. The van der Waals surface area contributed by atoms with Gasteiger partial charge < -0.3 is 24.4 Å². The lowest BCUT2D eigenvalue weighted by Crippen LogP contribution is -2.41. The van der Waals surface area contributed by atoms with Crippen molar-refractivity contribution < 1.29 is 28.7 Å². The van der Waals surface area contributed by atoms with Crippen molar-refractivity contribution in [3.63, 3.8) is 0 Å². The summed E-state index contributed by atoms with van der Waals surface area (Å²) in [6, 6.07) is 12.4. The van der Waals surface area contributed by atoms with Crippen LogP contribution in [0.3, 0.4) is 0 Å². The van der Waals surface area contributed by atoms with E-state index in [2.05, 4.69) is 5.32 Å². The molecule has 10 nitrogen and oxygen atoms in total. The van der Waals surface area contributed by atoms with Crippen LogP contribution in [0.1, 0.15) is 17.2 Å². The lowest BCUT2D eigenvalue weighted by atomic mass is 10.0. The Morgan fingerprint density at radius 1 is 1.14 bits per heavy atom. The van der Waals surface area contributed by atoms with Crippen LogP contribution in [0.4, 0.5) is 11.4 Å². The van der Waals surface area contributed by atoms with Gasteiger partial charge in [-0.1, -0.05) is 29.3 Å². The number of carbonyl (C=O) groups is 2. The van der Waals surface area contributed by atoms with Gasteiger partial charge in [-0.25, -0.2) is 0 Å². The average Bonchev–Trinajstić information content (AvgIpc) is 3.03. The summed E-state index contributed by atoms with van der Waals surface area (Å²) in [5.41, 5.74) is 1.12. The van der Waals surface area contributed by atoms with E-state index in [1.807, 2.05) is 0 Å². The number of fused-ring (bicyclic) bond motifs is 1. The standard InChI is InChI=1S/C25H21Cl2N3O7/c1-35-17-8-3-14(20(11-17)36-2)12-29-21(31)13-37-24-18(9-10-19(26)22(24)27)23(29)25(32)28-15-4-6-16(7-5-15)30(33)34/h3-11,23H,12-13H2,1-2H3,(H,28,32). The highest BCUT2D eigenvalue weighted by atomic mass is 35.5. The number of nitro groups is 1. The van der Waals surface area contributed by atoms with E-state index in [1.165, 1.54) is 49.5 Å². The lowest BCUT2D eigenvalue weighted by Gasteiger charge is -2.30. The Hall–Kier alpha value is -4.02. The van der Waals surface area contributed by atoms with Crippen LogP contribution in [-0.4, -0.2) is 42.5 Å². The van der Waals surface area contributed by atoms with E-state index in [9.17, 15) is 19.7 Å². The highest BCUT2D eigenvalue weighted by Crippen LogP contribution is 2.42. The fourth-order valence-corrected chi connectivity index (χ4v) is 4.32. The van der Waals surface area contributed by atoms with Gasteiger partial charge in [-0.05, 0) is 30.3 Å². The van der Waals surface area contributed by atoms with Gasteiger partial charge in [-0.2, -0.15) is 0 Å². The number of methoxy groups -OCH3 is 2. The zero-order chi connectivity index (χ0) is 26.7. The Balaban J connectivity index is 1.77. The number of hydrogen-bond donors (Lipinski definition) is 1. The zero-order valence-electron chi connectivity index (χ0n) is 19.7. The molecule has 1 heterocycles. The Bertz CT molecular complexity index is 1370. The zero-order valence-corrected chi connectivity index (χ0v) is 21.2. The number of amides is 2. The van der Waals surface area contributed by atoms with Crippen molar-refractivity contribution in [3.8, 4) is 17.2 Å². The summed E-state index contributed by atoms with van der Waals surface area (Å²) in [5.74, 6) is 0.0760. The van der Waals surface area contributed by atoms with E-state index < -0.39 is 22.8 Å². The van der Waals surface area contributed by atoms with E-state index >= 15 is 0 Å². The van der Waals surface area contributed by atoms with Crippen LogP contribution in [0.15, 0.2) is 54.6 Å². The molecule has 0 saturated carbocycles. The van der Waals surface area contributed by atoms with Gasteiger partial charge in [0.15, 0.2) is 6.61 Å². The fraction of sp³-hybridized carbons (Fsp3) is 0.200. The minimum absolute atomic E-state index is 0.00655. The number of nitrogens with zero attached hydrogens (tertiary/aromatic N) is 2. The van der Waals surface area contributed by atoms with E-state index in [-0.39, 0.29) is 34.6 Å². The lowest BCUT2D eigenvalue weighted by molar-refractivity contribution is -0.384. The SMILES string of the molecule is COc1ccc(CN2C(=O)COc3c(ccc(Cl)c3Cl)C2C(=O)Nc2ccc([N+](=O)[O-])cc2)c(OC)c1. The molecule has 0 saturated heterocycles.